The molecule has 0 heterocycles. The van der Waals surface area contributed by atoms with Crippen LogP contribution in [-0.2, 0) is 0 Å². The van der Waals surface area contributed by atoms with E-state index in [1.54, 1.807) is 0 Å². The van der Waals surface area contributed by atoms with Crippen LogP contribution in [0.15, 0.2) is 0 Å². The zero-order chi connectivity index (χ0) is 4.71. The standard InChI is InChI=1S/CH6Si.H7NSi2/c1-2;2-1-3/h1-2H3;1H,2-3H3. The van der Waals surface area contributed by atoms with Crippen molar-refractivity contribution in [1.82, 2.24) is 4.65 Å². The molecule has 0 aliphatic heterocycles. The van der Waals surface area contributed by atoms with Crippen molar-refractivity contribution in [1.29, 1.82) is 0 Å². The van der Waals surface area contributed by atoms with Crippen molar-refractivity contribution in [2.45, 2.75) is 6.55 Å². The highest BCUT2D eigenvalue weighted by molar-refractivity contribution is 6.25. The molecule has 1 nitrogen and oxygen atoms in total. The van der Waals surface area contributed by atoms with E-state index in [0.717, 1.165) is 0 Å². The van der Waals surface area contributed by atoms with Crippen LogP contribution in [0.25, 0.3) is 0 Å². The fraction of sp³-hybridized carbons (Fsp3) is 1.00. The average Bonchev–Trinajstić information content (AvgIpc) is 1.46. The zero-order valence-electron chi connectivity index (χ0n) is 4.50. The predicted molar refractivity (Wildman–Crippen MR) is 38.8 cm³/mol. The molecule has 0 aliphatic rings. The van der Waals surface area contributed by atoms with Crippen LogP contribution in [0.5, 0.6) is 0 Å². The second-order valence-electron chi connectivity index (χ2n) is 0.500. The van der Waals surface area contributed by atoms with Crippen LogP contribution < -0.4 is 4.65 Å². The summed E-state index contributed by atoms with van der Waals surface area (Å²) in [5, 5.41) is 0. The molecule has 0 saturated carbocycles. The lowest BCUT2D eigenvalue weighted by molar-refractivity contribution is 1.68. The van der Waals surface area contributed by atoms with E-state index in [1.165, 1.54) is 31.1 Å². The minimum absolute atomic E-state index is 1.18. The normalized spacial score (nSPS) is 6.60. The van der Waals surface area contributed by atoms with Crippen LogP contribution in [0.3, 0.4) is 0 Å². The third kappa shape index (κ3) is 84.3. The Labute approximate surface area is 43.0 Å². The molecule has 0 rings (SSSR count). The maximum Gasteiger partial charge on any atom is 0.0670 e. The van der Waals surface area contributed by atoms with E-state index >= 15 is 0 Å². The Morgan fingerprint density at radius 2 is 1.20 bits per heavy atom. The van der Waals surface area contributed by atoms with E-state index in [2.05, 4.69) is 11.2 Å². The molecule has 1 N–H and O–H groups in total. The molecule has 0 aromatic rings. The summed E-state index contributed by atoms with van der Waals surface area (Å²) >= 11 is 0. The largest absolute Gasteiger partial charge is 0.374 e. The van der Waals surface area contributed by atoms with Gasteiger partial charge < -0.3 is 4.65 Å². The predicted octanol–water partition coefficient (Wildman–Crippen LogP) is -3.46. The molecule has 34 valence electrons. The fourth-order valence-electron chi connectivity index (χ4n) is 0. The van der Waals surface area contributed by atoms with E-state index in [1.807, 2.05) is 0 Å². The summed E-state index contributed by atoms with van der Waals surface area (Å²) in [5.74, 6) is 0. The highest BCUT2D eigenvalue weighted by atomic mass is 28.2. The van der Waals surface area contributed by atoms with Gasteiger partial charge in [0.05, 0.1) is 20.8 Å². The lowest BCUT2D eigenvalue weighted by Crippen LogP contribution is -1.97. The molecule has 0 bridgehead atoms. The molecule has 0 fully saturated rings. The van der Waals surface area contributed by atoms with Crippen LogP contribution in [0.1, 0.15) is 0 Å². The fourth-order valence-corrected chi connectivity index (χ4v) is 0. The highest BCUT2D eigenvalue weighted by Crippen LogP contribution is 0.960. The molecule has 0 saturated heterocycles. The summed E-state index contributed by atoms with van der Waals surface area (Å²) in [7, 11) is 3.67. The molecule has 0 aliphatic carbocycles. The molecule has 0 radical (unpaired) electrons. The zero-order valence-corrected chi connectivity index (χ0v) is 10.5. The molecule has 0 unspecified atom stereocenters. The smallest absolute Gasteiger partial charge is 0.0670 e. The molecule has 5 heavy (non-hydrogen) atoms. The van der Waals surface area contributed by atoms with Crippen LogP contribution >= 0.6 is 0 Å². The average molecular weight is 123 g/mol. The van der Waals surface area contributed by atoms with Crippen LogP contribution in [0.2, 0.25) is 6.55 Å². The third-order valence-electron chi connectivity index (χ3n) is 0. The summed E-state index contributed by atoms with van der Waals surface area (Å²) in [4.78, 5) is 0. The van der Waals surface area contributed by atoms with Gasteiger partial charge in [-0.2, -0.15) is 0 Å². The molecular weight excluding hydrogens is 110 g/mol. The van der Waals surface area contributed by atoms with Crippen molar-refractivity contribution in [2.75, 3.05) is 0 Å². The van der Waals surface area contributed by atoms with Gasteiger partial charge in [0.25, 0.3) is 0 Å². The Balaban J connectivity index is 0. The Kier molecular flexibility index (Phi) is 42.4. The van der Waals surface area contributed by atoms with Crippen molar-refractivity contribution in [2.24, 2.45) is 0 Å². The number of rotatable bonds is 0. The van der Waals surface area contributed by atoms with Crippen molar-refractivity contribution in [3.8, 4) is 0 Å². The van der Waals surface area contributed by atoms with E-state index in [4.69, 9.17) is 0 Å². The van der Waals surface area contributed by atoms with E-state index in [-0.39, 0.29) is 0 Å². The molecule has 4 heteroatoms. The van der Waals surface area contributed by atoms with Gasteiger partial charge in [-0.1, -0.05) is 6.55 Å². The lowest BCUT2D eigenvalue weighted by atomic mass is 11.9. The maximum absolute atomic E-state index is 3.03. The second kappa shape index (κ2) is 23.2. The van der Waals surface area contributed by atoms with Gasteiger partial charge in [0.1, 0.15) is 0 Å². The van der Waals surface area contributed by atoms with E-state index in [9.17, 15) is 0 Å². The summed E-state index contributed by atoms with van der Waals surface area (Å²) < 4.78 is 3.03. The van der Waals surface area contributed by atoms with Gasteiger partial charge in [0.15, 0.2) is 0 Å². The topological polar surface area (TPSA) is 12.0 Å². The molecule has 0 aromatic heterocycles. The van der Waals surface area contributed by atoms with Crippen LogP contribution in [0, 0.1) is 0 Å². The van der Waals surface area contributed by atoms with Gasteiger partial charge in [0.2, 0.25) is 0 Å². The Hall–Kier alpha value is 0.611. The quantitative estimate of drug-likeness (QED) is 0.330. The van der Waals surface area contributed by atoms with Crippen LogP contribution in [-0.4, -0.2) is 31.1 Å². The molecule has 0 spiro atoms. The number of nitrogens with one attached hydrogen (secondary N) is 1. The van der Waals surface area contributed by atoms with Gasteiger partial charge >= 0.3 is 0 Å². The monoisotopic (exact) mass is 123 g/mol. The summed E-state index contributed by atoms with van der Waals surface area (Å²) in [6.07, 6.45) is 0. The summed E-state index contributed by atoms with van der Waals surface area (Å²) in [5.41, 5.74) is 0. The van der Waals surface area contributed by atoms with Crippen molar-refractivity contribution in [3.63, 3.8) is 0 Å². The Morgan fingerprint density at radius 1 is 1.20 bits per heavy atom. The van der Waals surface area contributed by atoms with Gasteiger partial charge in [0, 0.05) is 0 Å². The first-order valence-electron chi connectivity index (χ1n) is 2.00. The molecular formula is CH13NSi3. The molecule has 0 aromatic carbocycles. The number of hydrogen-bond acceptors (Lipinski definition) is 1. The summed E-state index contributed by atoms with van der Waals surface area (Å²) in [6.45, 7) is 2.14. The minimum Gasteiger partial charge on any atom is -0.374 e. The maximum atomic E-state index is 3.03. The van der Waals surface area contributed by atoms with Crippen molar-refractivity contribution in [3.05, 3.63) is 0 Å². The SMILES string of the molecule is C[SiH3].[SiH3]N[SiH3]. The Morgan fingerprint density at radius 3 is 1.20 bits per heavy atom. The minimum atomic E-state index is 1.18. The van der Waals surface area contributed by atoms with Gasteiger partial charge in [-0.3, -0.25) is 0 Å². The first-order chi connectivity index (χ1) is 2.41. The van der Waals surface area contributed by atoms with Gasteiger partial charge in [-0.25, -0.2) is 0 Å². The number of hydrogen-bond donors (Lipinski definition) is 1. The molecule has 0 atom stereocenters. The van der Waals surface area contributed by atoms with E-state index in [0.29, 0.717) is 0 Å². The second-order valence-corrected chi connectivity index (χ2v) is 4.50. The first kappa shape index (κ1) is 9.15. The van der Waals surface area contributed by atoms with Crippen molar-refractivity contribution >= 4 is 31.1 Å². The molecule has 0 amide bonds. The lowest BCUT2D eigenvalue weighted by Gasteiger charge is -1.58. The third-order valence-corrected chi connectivity index (χ3v) is 0. The first-order valence-corrected chi connectivity index (χ1v) is 6.00. The van der Waals surface area contributed by atoms with Crippen LogP contribution in [0.4, 0.5) is 0 Å². The van der Waals surface area contributed by atoms with E-state index < -0.39 is 0 Å². The highest BCUT2D eigenvalue weighted by Gasteiger charge is 1.28. The van der Waals surface area contributed by atoms with Gasteiger partial charge in [-0.15, -0.1) is 0 Å². The van der Waals surface area contributed by atoms with Gasteiger partial charge in [-0.05, 0) is 10.2 Å². The van der Waals surface area contributed by atoms with Crippen molar-refractivity contribution < 1.29 is 0 Å². The Bertz CT molecular complexity index is 6.85. The summed E-state index contributed by atoms with van der Waals surface area (Å²) in [6, 6.07) is 0.